The van der Waals surface area contributed by atoms with Crippen LogP contribution in [0.25, 0.3) is 0 Å². The summed E-state index contributed by atoms with van der Waals surface area (Å²) in [4.78, 5) is 19.3. The number of halogens is 1. The summed E-state index contributed by atoms with van der Waals surface area (Å²) in [6, 6.07) is 22.5. The number of carbonyl (C=O) groups is 1. The fourth-order valence-corrected chi connectivity index (χ4v) is 5.64. The Morgan fingerprint density at radius 1 is 1.03 bits per heavy atom. The van der Waals surface area contributed by atoms with E-state index in [4.69, 9.17) is 0 Å². The highest BCUT2D eigenvalue weighted by molar-refractivity contribution is 7.90. The molecule has 0 aliphatic heterocycles. The first-order chi connectivity index (χ1) is 17.8. The van der Waals surface area contributed by atoms with Gasteiger partial charge in [0, 0.05) is 17.7 Å². The highest BCUT2D eigenvalue weighted by Crippen LogP contribution is 2.22. The maximum absolute atomic E-state index is 14.3. The molecule has 3 aromatic carbocycles. The summed E-state index contributed by atoms with van der Waals surface area (Å²) in [5, 5.41) is -0.170. The lowest BCUT2D eigenvalue weighted by molar-refractivity contribution is 0.0758. The number of amides is 1. The van der Waals surface area contributed by atoms with Crippen molar-refractivity contribution < 1.29 is 17.6 Å². The number of aryl methyl sites for hydroxylation is 1. The summed E-state index contributed by atoms with van der Waals surface area (Å²) in [7, 11) is -4.00. The molecule has 0 radical (unpaired) electrons. The van der Waals surface area contributed by atoms with Gasteiger partial charge in [-0.3, -0.25) is 4.79 Å². The minimum atomic E-state index is -4.00. The van der Waals surface area contributed by atoms with Gasteiger partial charge in [-0.1, -0.05) is 72.8 Å². The smallest absolute Gasteiger partial charge is 0.254 e. The quantitative estimate of drug-likeness (QED) is 0.272. The first-order valence-electron chi connectivity index (χ1n) is 11.8. The molecule has 4 aromatic rings. The second-order valence-electron chi connectivity index (χ2n) is 8.74. The third-order valence-corrected chi connectivity index (χ3v) is 7.60. The third-order valence-electron chi connectivity index (χ3n) is 6.03. The van der Waals surface area contributed by atoms with Crippen molar-refractivity contribution in [1.29, 1.82) is 0 Å². The Kier molecular flexibility index (Phi) is 7.98. The van der Waals surface area contributed by atoms with Crippen LogP contribution in [-0.4, -0.2) is 35.3 Å². The largest absolute Gasteiger partial charge is 0.329 e. The summed E-state index contributed by atoms with van der Waals surface area (Å²) in [6.45, 7) is 6.26. The molecule has 1 amide bonds. The van der Waals surface area contributed by atoms with Crippen molar-refractivity contribution in [2.75, 3.05) is 6.54 Å². The van der Waals surface area contributed by atoms with Crippen LogP contribution in [0.15, 0.2) is 103 Å². The zero-order valence-corrected chi connectivity index (χ0v) is 21.4. The topological polar surface area (TPSA) is 72.3 Å². The van der Waals surface area contributed by atoms with Gasteiger partial charge in [0.2, 0.25) is 15.0 Å². The van der Waals surface area contributed by atoms with Gasteiger partial charge >= 0.3 is 0 Å². The molecule has 1 heterocycles. The Bertz CT molecular complexity index is 1510. The number of hydrogen-bond donors (Lipinski definition) is 0. The predicted octanol–water partition coefficient (Wildman–Crippen LogP) is 5.18. The van der Waals surface area contributed by atoms with Gasteiger partial charge in [0.1, 0.15) is 5.82 Å². The molecule has 0 saturated heterocycles. The van der Waals surface area contributed by atoms with E-state index in [1.54, 1.807) is 33.7 Å². The normalized spacial score (nSPS) is 11.3. The van der Waals surface area contributed by atoms with Gasteiger partial charge < -0.3 is 9.47 Å². The Balaban J connectivity index is 1.74. The molecular weight excluding hydrogens is 489 g/mol. The monoisotopic (exact) mass is 517 g/mol. The van der Waals surface area contributed by atoms with Crippen molar-refractivity contribution in [3.63, 3.8) is 0 Å². The molecule has 4 rings (SSSR count). The van der Waals surface area contributed by atoms with Crippen LogP contribution >= 0.6 is 0 Å². The zero-order valence-electron chi connectivity index (χ0n) is 20.5. The minimum Gasteiger partial charge on any atom is -0.329 e. The van der Waals surface area contributed by atoms with E-state index in [-0.39, 0.29) is 36.3 Å². The molecule has 0 bridgehead atoms. The van der Waals surface area contributed by atoms with E-state index in [1.165, 1.54) is 24.4 Å². The zero-order chi connectivity index (χ0) is 26.4. The average molecular weight is 518 g/mol. The molecular formula is C29H28FN3O3S. The number of sulfone groups is 1. The molecule has 0 aliphatic rings. The molecule has 37 heavy (non-hydrogen) atoms. The van der Waals surface area contributed by atoms with E-state index in [9.17, 15) is 17.6 Å². The van der Waals surface area contributed by atoms with E-state index in [0.717, 1.165) is 11.1 Å². The Labute approximate surface area is 216 Å². The molecule has 0 saturated carbocycles. The van der Waals surface area contributed by atoms with Gasteiger partial charge in [-0.2, -0.15) is 0 Å². The van der Waals surface area contributed by atoms with E-state index in [1.807, 2.05) is 49.4 Å². The van der Waals surface area contributed by atoms with Crippen molar-refractivity contribution in [1.82, 2.24) is 14.5 Å². The van der Waals surface area contributed by atoms with Crippen LogP contribution in [0.5, 0.6) is 0 Å². The lowest BCUT2D eigenvalue weighted by Gasteiger charge is -2.23. The molecule has 0 fully saturated rings. The van der Waals surface area contributed by atoms with Gasteiger partial charge in [0.05, 0.1) is 30.7 Å². The summed E-state index contributed by atoms with van der Waals surface area (Å²) < 4.78 is 42.8. The summed E-state index contributed by atoms with van der Waals surface area (Å²) in [5.41, 5.74) is 2.88. The van der Waals surface area contributed by atoms with Gasteiger partial charge in [-0.15, -0.1) is 6.58 Å². The first-order valence-corrected chi connectivity index (χ1v) is 13.5. The second kappa shape index (κ2) is 11.3. The van der Waals surface area contributed by atoms with Crippen LogP contribution in [0.2, 0.25) is 0 Å². The Hall–Kier alpha value is -4.04. The summed E-state index contributed by atoms with van der Waals surface area (Å²) in [6.07, 6.45) is 3.10. The van der Waals surface area contributed by atoms with E-state index in [2.05, 4.69) is 11.6 Å². The third kappa shape index (κ3) is 6.03. The average Bonchev–Trinajstić information content (AvgIpc) is 3.28. The van der Waals surface area contributed by atoms with Crippen LogP contribution in [0, 0.1) is 12.7 Å². The van der Waals surface area contributed by atoms with E-state index in [0.29, 0.717) is 11.3 Å². The molecule has 8 heteroatoms. The molecule has 6 nitrogen and oxygen atoms in total. The predicted molar refractivity (Wildman–Crippen MR) is 141 cm³/mol. The van der Waals surface area contributed by atoms with Crippen LogP contribution in [0.3, 0.4) is 0 Å². The standard InChI is InChI=1S/C29H28FN3O3S/c1-3-17-32(28(34)26-15-9-7-11-22(26)2)20-25-18-31-29(33(25)19-23-12-5-4-6-13-23)37(35,36)21-24-14-8-10-16-27(24)30/h3-16,18H,1,17,19-21H2,2H3. The summed E-state index contributed by atoms with van der Waals surface area (Å²) in [5.74, 6) is -1.31. The SMILES string of the molecule is C=CCN(Cc1cnc(S(=O)(=O)Cc2ccccc2F)n1Cc1ccccc1)C(=O)c1ccccc1C. The van der Waals surface area contributed by atoms with Crippen LogP contribution in [0.1, 0.15) is 32.7 Å². The van der Waals surface area contributed by atoms with Crippen molar-refractivity contribution in [3.8, 4) is 0 Å². The molecule has 0 atom stereocenters. The van der Waals surface area contributed by atoms with Crippen molar-refractivity contribution in [2.45, 2.75) is 30.9 Å². The maximum Gasteiger partial charge on any atom is 0.254 e. The van der Waals surface area contributed by atoms with Crippen molar-refractivity contribution in [2.24, 2.45) is 0 Å². The van der Waals surface area contributed by atoms with E-state index >= 15 is 0 Å². The van der Waals surface area contributed by atoms with Crippen molar-refractivity contribution >= 4 is 15.7 Å². The number of nitrogens with zero attached hydrogens (tertiary/aromatic N) is 3. The first kappa shape index (κ1) is 26.0. The fraction of sp³-hybridized carbons (Fsp3) is 0.172. The van der Waals surface area contributed by atoms with Crippen molar-refractivity contribution in [3.05, 3.63) is 131 Å². The minimum absolute atomic E-state index is 0.0707. The Morgan fingerprint density at radius 2 is 1.70 bits per heavy atom. The molecule has 0 unspecified atom stereocenters. The molecule has 190 valence electrons. The van der Waals surface area contributed by atoms with Gasteiger partial charge in [-0.25, -0.2) is 17.8 Å². The highest BCUT2D eigenvalue weighted by atomic mass is 32.2. The molecule has 1 aromatic heterocycles. The second-order valence-corrected chi connectivity index (χ2v) is 10.6. The highest BCUT2D eigenvalue weighted by Gasteiger charge is 2.27. The summed E-state index contributed by atoms with van der Waals surface area (Å²) >= 11 is 0. The molecule has 0 aliphatic carbocycles. The van der Waals surface area contributed by atoms with Gasteiger partial charge in [-0.05, 0) is 30.2 Å². The fourth-order valence-electron chi connectivity index (χ4n) is 4.14. The lowest BCUT2D eigenvalue weighted by atomic mass is 10.1. The maximum atomic E-state index is 14.3. The number of benzene rings is 3. The van der Waals surface area contributed by atoms with Gasteiger partial charge in [0.15, 0.2) is 0 Å². The Morgan fingerprint density at radius 3 is 2.41 bits per heavy atom. The number of rotatable bonds is 10. The number of aromatic nitrogens is 2. The molecule has 0 N–H and O–H groups in total. The van der Waals surface area contributed by atoms with Crippen LogP contribution in [0.4, 0.5) is 4.39 Å². The van der Waals surface area contributed by atoms with Crippen LogP contribution in [-0.2, 0) is 28.7 Å². The number of imidazole rings is 1. The van der Waals surface area contributed by atoms with E-state index < -0.39 is 21.4 Å². The number of carbonyl (C=O) groups excluding carboxylic acids is 1. The molecule has 0 spiro atoms. The van der Waals surface area contributed by atoms with Crippen LogP contribution < -0.4 is 0 Å². The number of hydrogen-bond acceptors (Lipinski definition) is 4. The van der Waals surface area contributed by atoms with Gasteiger partial charge in [0.25, 0.3) is 5.91 Å². The lowest BCUT2D eigenvalue weighted by Crippen LogP contribution is -2.32.